The molecule has 0 spiro atoms. The highest BCUT2D eigenvalue weighted by Crippen LogP contribution is 2.10. The van der Waals surface area contributed by atoms with Crippen LogP contribution in [-0.4, -0.2) is 42.6 Å². The van der Waals surface area contributed by atoms with Gasteiger partial charge in [-0.2, -0.15) is 0 Å². The average molecular weight is 294 g/mol. The number of hydrogen-bond donors (Lipinski definition) is 3. The molecule has 3 N–H and O–H groups in total. The Bertz CT molecular complexity index is 516. The molecule has 1 aromatic rings. The zero-order chi connectivity index (χ0) is 15.7. The normalized spacial score (nSPS) is 9.95. The molecule has 2 amide bonds. The van der Waals surface area contributed by atoms with Gasteiger partial charge in [0.1, 0.15) is 6.61 Å². The van der Waals surface area contributed by atoms with E-state index in [4.69, 9.17) is 9.84 Å². The van der Waals surface area contributed by atoms with E-state index in [2.05, 4.69) is 10.6 Å². The molecule has 1 rings (SSSR count). The van der Waals surface area contributed by atoms with E-state index in [1.807, 2.05) is 0 Å². The topological polar surface area (TPSA) is 105 Å². The summed E-state index contributed by atoms with van der Waals surface area (Å²) in [5.41, 5.74) is 0.957. The highest BCUT2D eigenvalue weighted by Gasteiger charge is 2.07. The van der Waals surface area contributed by atoms with Crippen LogP contribution in [0.3, 0.4) is 0 Å². The summed E-state index contributed by atoms with van der Waals surface area (Å²) in [6.07, 6.45) is 0.358. The molecule has 0 atom stereocenters. The number of hydrogen-bond acceptors (Lipinski definition) is 4. The number of benzene rings is 1. The van der Waals surface area contributed by atoms with Crippen molar-refractivity contribution in [3.8, 4) is 0 Å². The van der Waals surface area contributed by atoms with E-state index in [0.717, 1.165) is 0 Å². The van der Waals surface area contributed by atoms with Crippen molar-refractivity contribution in [3.05, 3.63) is 29.8 Å². The predicted molar refractivity (Wildman–Crippen MR) is 76.2 cm³/mol. The molecule has 7 heteroatoms. The Morgan fingerprint density at radius 1 is 1.29 bits per heavy atom. The minimum atomic E-state index is -1.05. The molecule has 0 saturated carbocycles. The lowest BCUT2D eigenvalue weighted by Gasteiger charge is -2.08. The quantitative estimate of drug-likeness (QED) is 0.617. The van der Waals surface area contributed by atoms with Gasteiger partial charge in [0, 0.05) is 24.2 Å². The highest BCUT2D eigenvalue weighted by molar-refractivity contribution is 5.97. The summed E-state index contributed by atoms with van der Waals surface area (Å²) in [7, 11) is 0. The first kappa shape index (κ1) is 16.6. The lowest BCUT2D eigenvalue weighted by Crippen LogP contribution is -2.28. The molecule has 21 heavy (non-hydrogen) atoms. The first-order valence-corrected chi connectivity index (χ1v) is 6.50. The molecule has 0 fully saturated rings. The Kier molecular flexibility index (Phi) is 6.90. The smallest absolute Gasteiger partial charge is 0.329 e. The van der Waals surface area contributed by atoms with Crippen LogP contribution in [0.5, 0.6) is 0 Å². The number of ether oxygens (including phenoxy) is 1. The van der Waals surface area contributed by atoms with E-state index in [1.54, 1.807) is 31.2 Å². The van der Waals surface area contributed by atoms with Gasteiger partial charge in [0.25, 0.3) is 5.91 Å². The Labute approximate surface area is 122 Å². The summed E-state index contributed by atoms with van der Waals surface area (Å²) in [4.78, 5) is 33.4. The number of carbonyl (C=O) groups excluding carboxylic acids is 2. The fraction of sp³-hybridized carbons (Fsp3) is 0.357. The molecule has 0 saturated heterocycles. The van der Waals surface area contributed by atoms with Crippen LogP contribution in [0.4, 0.5) is 5.69 Å². The second-order valence-electron chi connectivity index (χ2n) is 4.18. The third kappa shape index (κ3) is 6.53. The van der Waals surface area contributed by atoms with E-state index < -0.39 is 12.6 Å². The molecule has 0 unspecified atom stereocenters. The third-order valence-electron chi connectivity index (χ3n) is 2.49. The molecule has 0 aromatic heterocycles. The van der Waals surface area contributed by atoms with Gasteiger partial charge in [-0.15, -0.1) is 0 Å². The summed E-state index contributed by atoms with van der Waals surface area (Å²) >= 11 is 0. The van der Waals surface area contributed by atoms with Gasteiger partial charge < -0.3 is 20.5 Å². The lowest BCUT2D eigenvalue weighted by atomic mass is 10.2. The fourth-order valence-corrected chi connectivity index (χ4v) is 1.49. The van der Waals surface area contributed by atoms with Crippen LogP contribution < -0.4 is 10.6 Å². The lowest BCUT2D eigenvalue weighted by molar-refractivity contribution is -0.142. The number of anilines is 1. The van der Waals surface area contributed by atoms with Gasteiger partial charge in [-0.25, -0.2) is 4.79 Å². The third-order valence-corrected chi connectivity index (χ3v) is 2.49. The Hall–Kier alpha value is -2.41. The van der Waals surface area contributed by atoms with E-state index >= 15 is 0 Å². The van der Waals surface area contributed by atoms with Gasteiger partial charge in [-0.3, -0.25) is 9.59 Å². The SMILES string of the molecule is CCC(=O)Nc1cccc(C(=O)NCCOCC(=O)O)c1. The van der Waals surface area contributed by atoms with Crippen LogP contribution in [0.2, 0.25) is 0 Å². The number of carboxylic acid groups (broad SMARTS) is 1. The van der Waals surface area contributed by atoms with Crippen molar-refractivity contribution in [1.82, 2.24) is 5.32 Å². The van der Waals surface area contributed by atoms with Gasteiger partial charge in [-0.1, -0.05) is 13.0 Å². The maximum atomic E-state index is 11.9. The van der Waals surface area contributed by atoms with Crippen LogP contribution in [0.15, 0.2) is 24.3 Å². The highest BCUT2D eigenvalue weighted by atomic mass is 16.5. The van der Waals surface area contributed by atoms with Gasteiger partial charge in [0.2, 0.25) is 5.91 Å². The molecule has 114 valence electrons. The average Bonchev–Trinajstić information content (AvgIpc) is 2.46. The van der Waals surface area contributed by atoms with Crippen molar-refractivity contribution in [2.75, 3.05) is 25.1 Å². The maximum absolute atomic E-state index is 11.9. The monoisotopic (exact) mass is 294 g/mol. The molecule has 0 aliphatic heterocycles. The Balaban J connectivity index is 2.45. The summed E-state index contributed by atoms with van der Waals surface area (Å²) in [6, 6.07) is 6.55. The maximum Gasteiger partial charge on any atom is 0.329 e. The van der Waals surface area contributed by atoms with Crippen molar-refractivity contribution < 1.29 is 24.2 Å². The summed E-state index contributed by atoms with van der Waals surface area (Å²) < 4.78 is 4.80. The minimum Gasteiger partial charge on any atom is -0.480 e. The van der Waals surface area contributed by atoms with E-state index in [-0.39, 0.29) is 25.0 Å². The Morgan fingerprint density at radius 3 is 2.71 bits per heavy atom. The van der Waals surface area contributed by atoms with E-state index in [0.29, 0.717) is 17.7 Å². The van der Waals surface area contributed by atoms with Gasteiger partial charge in [-0.05, 0) is 18.2 Å². The first-order valence-electron chi connectivity index (χ1n) is 6.50. The van der Waals surface area contributed by atoms with Crippen LogP contribution in [0, 0.1) is 0 Å². The minimum absolute atomic E-state index is 0.115. The molecule has 0 aliphatic rings. The number of amides is 2. The molecule has 0 radical (unpaired) electrons. The number of aliphatic carboxylic acids is 1. The first-order chi connectivity index (χ1) is 10.0. The van der Waals surface area contributed by atoms with Crippen LogP contribution in [-0.2, 0) is 14.3 Å². The number of carboxylic acids is 1. The van der Waals surface area contributed by atoms with Gasteiger partial charge >= 0.3 is 5.97 Å². The van der Waals surface area contributed by atoms with E-state index in [1.165, 1.54) is 0 Å². The van der Waals surface area contributed by atoms with Crippen molar-refractivity contribution in [3.63, 3.8) is 0 Å². The standard InChI is InChI=1S/C14H18N2O5/c1-2-12(17)16-11-5-3-4-10(8-11)14(20)15-6-7-21-9-13(18)19/h3-5,8H,2,6-7,9H2,1H3,(H,15,20)(H,16,17)(H,18,19). The molecular weight excluding hydrogens is 276 g/mol. The number of rotatable bonds is 8. The molecule has 7 nitrogen and oxygen atoms in total. The molecular formula is C14H18N2O5. The van der Waals surface area contributed by atoms with Crippen LogP contribution >= 0.6 is 0 Å². The fourth-order valence-electron chi connectivity index (χ4n) is 1.49. The summed E-state index contributed by atoms with van der Waals surface area (Å²) in [5, 5.41) is 13.6. The summed E-state index contributed by atoms with van der Waals surface area (Å²) in [5.74, 6) is -1.50. The Morgan fingerprint density at radius 2 is 2.05 bits per heavy atom. The van der Waals surface area contributed by atoms with Crippen LogP contribution in [0.25, 0.3) is 0 Å². The van der Waals surface area contributed by atoms with Gasteiger partial charge in [0.15, 0.2) is 0 Å². The van der Waals surface area contributed by atoms with E-state index in [9.17, 15) is 14.4 Å². The molecule has 0 aliphatic carbocycles. The molecule has 0 bridgehead atoms. The second-order valence-corrected chi connectivity index (χ2v) is 4.18. The molecule has 0 heterocycles. The predicted octanol–water partition coefficient (Wildman–Crippen LogP) is 0.866. The largest absolute Gasteiger partial charge is 0.480 e. The number of nitrogens with one attached hydrogen (secondary N) is 2. The van der Waals surface area contributed by atoms with Crippen molar-refractivity contribution in [1.29, 1.82) is 0 Å². The van der Waals surface area contributed by atoms with Gasteiger partial charge in [0.05, 0.1) is 6.61 Å². The van der Waals surface area contributed by atoms with Crippen molar-refractivity contribution >= 4 is 23.5 Å². The zero-order valence-electron chi connectivity index (χ0n) is 11.7. The molecule has 1 aromatic carbocycles. The van der Waals surface area contributed by atoms with Crippen molar-refractivity contribution in [2.24, 2.45) is 0 Å². The summed E-state index contributed by atoms with van der Waals surface area (Å²) in [6.45, 7) is 1.67. The van der Waals surface area contributed by atoms with Crippen molar-refractivity contribution in [2.45, 2.75) is 13.3 Å². The second kappa shape index (κ2) is 8.70. The number of carbonyl (C=O) groups is 3. The van der Waals surface area contributed by atoms with Crippen LogP contribution in [0.1, 0.15) is 23.7 Å². The zero-order valence-corrected chi connectivity index (χ0v) is 11.7.